The number of carbonyl (C=O) groups is 2. The summed E-state index contributed by atoms with van der Waals surface area (Å²) in [5.74, 6) is 0.181. The molecule has 0 aliphatic heterocycles. The molecule has 4 atom stereocenters. The van der Waals surface area contributed by atoms with Crippen LogP contribution in [0.15, 0.2) is 73.7 Å². The number of aliphatic hydroxyl groups is 1. The summed E-state index contributed by atoms with van der Waals surface area (Å²) in [6, 6.07) is 15.9. The molecule has 1 unspecified atom stereocenters. The predicted octanol–water partition coefficient (Wildman–Crippen LogP) is 5.60. The minimum Gasteiger partial charge on any atom is -0.436 e. The molecule has 0 radical (unpaired) electrons. The molecule has 8 heteroatoms. The molecule has 1 aliphatic rings. The Morgan fingerprint density at radius 2 is 1.69 bits per heavy atom. The number of nitrogens with one attached hydrogen (secondary N) is 3. The van der Waals surface area contributed by atoms with E-state index in [1.165, 1.54) is 6.33 Å². The maximum absolute atomic E-state index is 13.6. The number of rotatable bonds is 14. The van der Waals surface area contributed by atoms with Gasteiger partial charge in [-0.15, -0.1) is 6.58 Å². The van der Waals surface area contributed by atoms with E-state index in [9.17, 15) is 14.7 Å². The van der Waals surface area contributed by atoms with Crippen molar-refractivity contribution in [2.45, 2.75) is 71.1 Å². The Morgan fingerprint density at radius 1 is 1.05 bits per heavy atom. The van der Waals surface area contributed by atoms with E-state index in [0.29, 0.717) is 31.0 Å². The molecule has 1 aliphatic carbocycles. The number of amides is 2. The molecule has 0 saturated carbocycles. The number of carbonyl (C=O) groups excluding carboxylic acids is 2. The quantitative estimate of drug-likeness (QED) is 0.188. The molecule has 0 bridgehead atoms. The Morgan fingerprint density at radius 3 is 2.24 bits per heavy atom. The lowest BCUT2D eigenvalue weighted by Gasteiger charge is -2.30. The van der Waals surface area contributed by atoms with Crippen LogP contribution < -0.4 is 10.6 Å². The average Bonchev–Trinajstić information content (AvgIpc) is 3.59. The lowest BCUT2D eigenvalue weighted by molar-refractivity contribution is -0.131. The number of fused-ring (bicyclic) bond motifs is 3. The van der Waals surface area contributed by atoms with Gasteiger partial charge in [-0.25, -0.2) is 9.78 Å². The van der Waals surface area contributed by atoms with E-state index in [2.05, 4.69) is 65.3 Å². The van der Waals surface area contributed by atoms with Crippen molar-refractivity contribution in [3.63, 3.8) is 0 Å². The van der Waals surface area contributed by atoms with E-state index in [1.807, 2.05) is 44.2 Å². The van der Waals surface area contributed by atoms with Gasteiger partial charge in [0.25, 0.3) is 5.91 Å². The number of aliphatic hydroxyl groups excluding tert-OH is 1. The van der Waals surface area contributed by atoms with Crippen molar-refractivity contribution in [3.8, 4) is 11.1 Å². The van der Waals surface area contributed by atoms with E-state index in [-0.39, 0.29) is 24.2 Å². The third-order valence-electron chi connectivity index (χ3n) is 8.11. The van der Waals surface area contributed by atoms with Crippen LogP contribution in [-0.4, -0.2) is 51.9 Å². The molecule has 0 spiro atoms. The molecule has 4 N–H and O–H groups in total. The fourth-order valence-corrected chi connectivity index (χ4v) is 5.80. The number of alkyl carbamates (subject to hydrolysis) is 1. The molecule has 2 amide bonds. The van der Waals surface area contributed by atoms with Crippen LogP contribution in [-0.2, 0) is 16.0 Å². The molecule has 1 heterocycles. The number of hydrogen-bond donors (Lipinski definition) is 4. The van der Waals surface area contributed by atoms with Crippen molar-refractivity contribution in [2.24, 2.45) is 17.8 Å². The molecule has 3 aromatic rings. The van der Waals surface area contributed by atoms with Gasteiger partial charge < -0.3 is 25.5 Å². The maximum Gasteiger partial charge on any atom is 0.407 e. The summed E-state index contributed by atoms with van der Waals surface area (Å²) in [7, 11) is 0. The smallest absolute Gasteiger partial charge is 0.407 e. The van der Waals surface area contributed by atoms with Gasteiger partial charge in [0.1, 0.15) is 0 Å². The van der Waals surface area contributed by atoms with Gasteiger partial charge in [0, 0.05) is 30.8 Å². The Labute approximate surface area is 249 Å². The molecule has 4 rings (SSSR count). The van der Waals surface area contributed by atoms with Crippen LogP contribution in [0.1, 0.15) is 63.3 Å². The second-order valence-electron chi connectivity index (χ2n) is 12.0. The summed E-state index contributed by atoms with van der Waals surface area (Å²) in [5.41, 5.74) is 5.28. The van der Waals surface area contributed by atoms with Crippen molar-refractivity contribution in [1.29, 1.82) is 0 Å². The number of ether oxygens (including phenoxy) is 1. The van der Waals surface area contributed by atoms with Gasteiger partial charge >= 0.3 is 6.09 Å². The van der Waals surface area contributed by atoms with Gasteiger partial charge in [-0.2, -0.15) is 0 Å². The van der Waals surface area contributed by atoms with Gasteiger partial charge in [0.2, 0.25) is 0 Å². The molecule has 8 nitrogen and oxygen atoms in total. The zero-order valence-electron chi connectivity index (χ0n) is 25.0. The van der Waals surface area contributed by atoms with Crippen LogP contribution in [0.5, 0.6) is 0 Å². The highest BCUT2D eigenvalue weighted by Gasteiger charge is 2.32. The zero-order valence-corrected chi connectivity index (χ0v) is 25.0. The van der Waals surface area contributed by atoms with Crippen LogP contribution in [0.2, 0.25) is 0 Å². The van der Waals surface area contributed by atoms with Crippen LogP contribution in [0.25, 0.3) is 11.1 Å². The number of allylic oxidation sites excluding steroid dienone is 1. The maximum atomic E-state index is 13.6. The van der Waals surface area contributed by atoms with Gasteiger partial charge in [-0.3, -0.25) is 4.79 Å². The highest BCUT2D eigenvalue weighted by molar-refractivity contribution is 5.84. The second-order valence-corrected chi connectivity index (χ2v) is 12.0. The monoisotopic (exact) mass is 572 g/mol. The molecule has 0 saturated heterocycles. The van der Waals surface area contributed by atoms with Crippen LogP contribution in [0.3, 0.4) is 0 Å². The number of nitrogens with zero attached hydrogens (tertiary/aromatic N) is 1. The van der Waals surface area contributed by atoms with Crippen molar-refractivity contribution in [3.05, 3.63) is 90.5 Å². The molecule has 0 fully saturated rings. The summed E-state index contributed by atoms with van der Waals surface area (Å²) in [5, 5.41) is 17.0. The number of imidazole rings is 1. The molecule has 2 aromatic carbocycles. The number of aromatic amines is 1. The van der Waals surface area contributed by atoms with Crippen LogP contribution in [0, 0.1) is 17.8 Å². The topological polar surface area (TPSA) is 116 Å². The van der Waals surface area contributed by atoms with Gasteiger partial charge in [-0.1, -0.05) is 82.3 Å². The van der Waals surface area contributed by atoms with Gasteiger partial charge in [0.05, 0.1) is 18.5 Å². The van der Waals surface area contributed by atoms with E-state index in [1.54, 1.807) is 6.20 Å². The number of H-pyrrole nitrogens is 1. The standard InChI is InChI=1S/C34H44N4O4/c1-6-23(22(4)5)16-31(39)30(15-21(2)3)38-33(40)32(17-24-18-35-20-37-24)42-34(41)36-19-29-27-13-9-7-11-25(27)26-12-8-10-14-28(26)29/h6-14,18,20-23,29-32,39H,1,15-17,19H2,2-5H3,(H,35,37)(H,36,41)(H,38,40)/t23-,30-,31-,32?/m0/s1. The number of hydrogen-bond acceptors (Lipinski definition) is 5. The Bertz CT molecular complexity index is 1290. The molecule has 1 aromatic heterocycles. The van der Waals surface area contributed by atoms with E-state index >= 15 is 0 Å². The third-order valence-corrected chi connectivity index (χ3v) is 8.11. The van der Waals surface area contributed by atoms with E-state index in [4.69, 9.17) is 4.74 Å². The first-order valence-corrected chi connectivity index (χ1v) is 14.9. The number of aromatic nitrogens is 2. The zero-order chi connectivity index (χ0) is 30.2. The fourth-order valence-electron chi connectivity index (χ4n) is 5.80. The lowest BCUT2D eigenvalue weighted by atomic mass is 9.86. The Hall–Kier alpha value is -3.91. The van der Waals surface area contributed by atoms with Crippen molar-refractivity contribution in [1.82, 2.24) is 20.6 Å². The van der Waals surface area contributed by atoms with Gasteiger partial charge in [-0.05, 0) is 52.8 Å². The first-order chi connectivity index (χ1) is 20.2. The molecular formula is C34H44N4O4. The Kier molecular flexibility index (Phi) is 10.6. The summed E-state index contributed by atoms with van der Waals surface area (Å²) in [4.78, 5) is 33.7. The largest absolute Gasteiger partial charge is 0.436 e. The highest BCUT2D eigenvalue weighted by Crippen LogP contribution is 2.44. The molecule has 42 heavy (non-hydrogen) atoms. The Balaban J connectivity index is 1.45. The van der Waals surface area contributed by atoms with Crippen molar-refractivity contribution >= 4 is 12.0 Å². The second kappa shape index (κ2) is 14.3. The van der Waals surface area contributed by atoms with E-state index in [0.717, 1.165) is 22.3 Å². The van der Waals surface area contributed by atoms with Crippen LogP contribution >= 0.6 is 0 Å². The fraction of sp³-hybridized carbons (Fsp3) is 0.441. The minimum absolute atomic E-state index is 0.0193. The van der Waals surface area contributed by atoms with Gasteiger partial charge in [0.15, 0.2) is 6.10 Å². The van der Waals surface area contributed by atoms with Crippen LogP contribution in [0.4, 0.5) is 4.79 Å². The third kappa shape index (κ3) is 7.68. The summed E-state index contributed by atoms with van der Waals surface area (Å²) in [6.45, 7) is 12.5. The minimum atomic E-state index is -1.12. The highest BCUT2D eigenvalue weighted by atomic mass is 16.6. The SMILES string of the molecule is C=C[C@@H](C[C@H](O)[C@H](CC(C)C)NC(=O)C(Cc1cnc[nH]1)OC(=O)NCC1c2ccccc2-c2ccccc21)C(C)C. The first-order valence-electron chi connectivity index (χ1n) is 14.9. The van der Waals surface area contributed by atoms with Crippen molar-refractivity contribution in [2.75, 3.05) is 6.54 Å². The number of benzene rings is 2. The summed E-state index contributed by atoms with van der Waals surface area (Å²) in [6.07, 6.45) is 3.61. The summed E-state index contributed by atoms with van der Waals surface area (Å²) >= 11 is 0. The average molecular weight is 573 g/mol. The lowest BCUT2D eigenvalue weighted by Crippen LogP contribution is -2.50. The molecular weight excluding hydrogens is 528 g/mol. The van der Waals surface area contributed by atoms with Crippen molar-refractivity contribution < 1.29 is 19.4 Å². The predicted molar refractivity (Wildman–Crippen MR) is 165 cm³/mol. The van der Waals surface area contributed by atoms with E-state index < -0.39 is 30.3 Å². The summed E-state index contributed by atoms with van der Waals surface area (Å²) < 4.78 is 5.74. The normalized spacial score (nSPS) is 15.4. The first kappa shape index (κ1) is 31.0. The molecule has 224 valence electrons.